The molecule has 0 spiro atoms. The number of rotatable bonds is 6. The van der Waals surface area contributed by atoms with E-state index in [2.05, 4.69) is 0 Å². The third kappa shape index (κ3) is 3.78. The Kier molecular flexibility index (Phi) is 4.79. The molecule has 1 aromatic carbocycles. The van der Waals surface area contributed by atoms with Crippen LogP contribution in [0.15, 0.2) is 29.2 Å². The quantitative estimate of drug-likeness (QED) is 0.623. The van der Waals surface area contributed by atoms with E-state index in [9.17, 15) is 18.0 Å². The van der Waals surface area contributed by atoms with Crippen LogP contribution < -0.4 is 10.5 Å². The van der Waals surface area contributed by atoms with Gasteiger partial charge in [0.25, 0.3) is 0 Å². The summed E-state index contributed by atoms with van der Waals surface area (Å²) in [4.78, 5) is 21.3. The van der Waals surface area contributed by atoms with E-state index < -0.39 is 34.4 Å². The fraction of sp³-hybridized carbons (Fsp3) is 0.182. The van der Waals surface area contributed by atoms with Crippen molar-refractivity contribution in [1.29, 1.82) is 5.26 Å². The first-order valence-electron chi connectivity index (χ1n) is 5.30. The predicted molar refractivity (Wildman–Crippen MR) is 66.7 cm³/mol. The fourth-order valence-corrected chi connectivity index (χ4v) is 2.77. The third-order valence-corrected chi connectivity index (χ3v) is 3.83. The first-order valence-corrected chi connectivity index (χ1v) is 6.79. The van der Waals surface area contributed by atoms with Crippen molar-refractivity contribution in [3.63, 3.8) is 0 Å². The number of carbonyl (C=O) groups excluding carboxylic acids is 1. The standard InChI is InChI=1S/C11H11N3O5S/c12-6-7-3-1-2-4-9(7)20(18,19)14-8(11(16)17)5-10(13)15/h1-4,8,14H,5H2,(H2,13,15)(H,16,17). The van der Waals surface area contributed by atoms with E-state index >= 15 is 0 Å². The molecule has 8 nitrogen and oxygen atoms in total. The Morgan fingerprint density at radius 3 is 2.50 bits per heavy atom. The number of nitrogens with zero attached hydrogens (tertiary/aromatic N) is 1. The lowest BCUT2D eigenvalue weighted by molar-refractivity contribution is -0.140. The van der Waals surface area contributed by atoms with Gasteiger partial charge in [-0.15, -0.1) is 0 Å². The minimum absolute atomic E-state index is 0.136. The number of hydrogen-bond acceptors (Lipinski definition) is 5. The molecule has 106 valence electrons. The normalized spacial score (nSPS) is 12.3. The Morgan fingerprint density at radius 1 is 1.40 bits per heavy atom. The Balaban J connectivity index is 3.14. The van der Waals surface area contributed by atoms with Crippen LogP contribution in [0.4, 0.5) is 0 Å². The Hall–Kier alpha value is -2.44. The highest BCUT2D eigenvalue weighted by Crippen LogP contribution is 2.15. The van der Waals surface area contributed by atoms with Crippen LogP contribution >= 0.6 is 0 Å². The topological polar surface area (TPSA) is 150 Å². The zero-order valence-electron chi connectivity index (χ0n) is 10.1. The van der Waals surface area contributed by atoms with E-state index in [1.807, 2.05) is 4.72 Å². The maximum absolute atomic E-state index is 12.0. The number of sulfonamides is 1. The number of amides is 1. The number of primary amides is 1. The monoisotopic (exact) mass is 297 g/mol. The molecule has 0 saturated heterocycles. The van der Waals surface area contributed by atoms with Crippen molar-refractivity contribution in [3.05, 3.63) is 29.8 Å². The van der Waals surface area contributed by atoms with Gasteiger partial charge >= 0.3 is 5.97 Å². The van der Waals surface area contributed by atoms with E-state index in [-0.39, 0.29) is 10.5 Å². The highest BCUT2D eigenvalue weighted by atomic mass is 32.2. The lowest BCUT2D eigenvalue weighted by Gasteiger charge is -2.13. The summed E-state index contributed by atoms with van der Waals surface area (Å²) in [7, 11) is -4.25. The van der Waals surface area contributed by atoms with Crippen molar-refractivity contribution in [1.82, 2.24) is 4.72 Å². The van der Waals surface area contributed by atoms with Gasteiger partial charge < -0.3 is 10.8 Å². The smallest absolute Gasteiger partial charge is 0.322 e. The van der Waals surface area contributed by atoms with Crippen LogP contribution in [0.5, 0.6) is 0 Å². The number of carboxylic acids is 1. The summed E-state index contributed by atoms with van der Waals surface area (Å²) in [5, 5.41) is 17.7. The Labute approximate surface area is 114 Å². The van der Waals surface area contributed by atoms with E-state index in [4.69, 9.17) is 16.1 Å². The summed E-state index contributed by atoms with van der Waals surface area (Å²) >= 11 is 0. The van der Waals surface area contributed by atoms with E-state index in [0.29, 0.717) is 0 Å². The van der Waals surface area contributed by atoms with Gasteiger partial charge in [0.05, 0.1) is 16.9 Å². The van der Waals surface area contributed by atoms with Crippen LogP contribution in [0.2, 0.25) is 0 Å². The fourth-order valence-electron chi connectivity index (χ4n) is 1.42. The average molecular weight is 297 g/mol. The van der Waals surface area contributed by atoms with Gasteiger partial charge in [-0.05, 0) is 12.1 Å². The summed E-state index contributed by atoms with van der Waals surface area (Å²) in [6.45, 7) is 0. The van der Waals surface area contributed by atoms with Gasteiger partial charge in [0.1, 0.15) is 12.1 Å². The molecule has 1 aromatic rings. The number of nitrogens with one attached hydrogen (secondary N) is 1. The van der Waals surface area contributed by atoms with Gasteiger partial charge in [-0.3, -0.25) is 9.59 Å². The number of nitriles is 1. The molecule has 1 rings (SSSR count). The molecule has 4 N–H and O–H groups in total. The van der Waals surface area contributed by atoms with Gasteiger partial charge in [-0.1, -0.05) is 12.1 Å². The molecule has 0 saturated carbocycles. The van der Waals surface area contributed by atoms with Crippen LogP contribution in [0, 0.1) is 11.3 Å². The first kappa shape index (κ1) is 15.6. The summed E-state index contributed by atoms with van der Waals surface area (Å²) < 4.78 is 25.9. The second kappa shape index (κ2) is 6.14. The molecule has 0 bridgehead atoms. The Bertz CT molecular complexity index is 678. The van der Waals surface area contributed by atoms with E-state index in [1.165, 1.54) is 18.2 Å². The summed E-state index contributed by atoms with van der Waals surface area (Å²) in [5.41, 5.74) is 4.72. The van der Waals surface area contributed by atoms with E-state index in [0.717, 1.165) is 6.07 Å². The predicted octanol–water partition coefficient (Wildman–Crippen LogP) is -0.835. The van der Waals surface area contributed by atoms with Crippen LogP contribution in [-0.4, -0.2) is 31.4 Å². The molecule has 1 atom stereocenters. The lowest BCUT2D eigenvalue weighted by atomic mass is 10.2. The highest BCUT2D eigenvalue weighted by Gasteiger charge is 2.28. The second-order valence-corrected chi connectivity index (χ2v) is 5.47. The zero-order valence-corrected chi connectivity index (χ0v) is 10.9. The van der Waals surface area contributed by atoms with Gasteiger partial charge in [0, 0.05) is 0 Å². The molecule has 0 radical (unpaired) electrons. The highest BCUT2D eigenvalue weighted by molar-refractivity contribution is 7.89. The van der Waals surface area contributed by atoms with Crippen molar-refractivity contribution < 1.29 is 23.1 Å². The molecule has 9 heteroatoms. The molecule has 0 aromatic heterocycles. The zero-order chi connectivity index (χ0) is 15.3. The van der Waals surface area contributed by atoms with Crippen molar-refractivity contribution in [2.24, 2.45) is 5.73 Å². The van der Waals surface area contributed by atoms with Crippen molar-refractivity contribution in [2.75, 3.05) is 0 Å². The molecule has 0 aliphatic heterocycles. The number of nitrogens with two attached hydrogens (primary N) is 1. The number of hydrogen-bond donors (Lipinski definition) is 3. The number of carbonyl (C=O) groups is 2. The summed E-state index contributed by atoms with van der Waals surface area (Å²) in [5.74, 6) is -2.50. The molecular weight excluding hydrogens is 286 g/mol. The van der Waals surface area contributed by atoms with Gasteiger partial charge in [0.2, 0.25) is 15.9 Å². The van der Waals surface area contributed by atoms with Crippen LogP contribution in [-0.2, 0) is 19.6 Å². The van der Waals surface area contributed by atoms with Gasteiger partial charge in [0.15, 0.2) is 0 Å². The van der Waals surface area contributed by atoms with Crippen molar-refractivity contribution in [3.8, 4) is 6.07 Å². The lowest BCUT2D eigenvalue weighted by Crippen LogP contribution is -2.43. The molecule has 20 heavy (non-hydrogen) atoms. The molecule has 0 aliphatic carbocycles. The van der Waals surface area contributed by atoms with Crippen LogP contribution in [0.25, 0.3) is 0 Å². The molecule has 0 aliphatic rings. The second-order valence-electron chi connectivity index (χ2n) is 3.79. The maximum Gasteiger partial charge on any atom is 0.322 e. The number of carboxylic acid groups (broad SMARTS) is 1. The maximum atomic E-state index is 12.0. The minimum atomic E-state index is -4.25. The van der Waals surface area contributed by atoms with E-state index in [1.54, 1.807) is 6.07 Å². The van der Waals surface area contributed by atoms with Gasteiger partial charge in [-0.25, -0.2) is 8.42 Å². The van der Waals surface area contributed by atoms with Crippen LogP contribution in [0.3, 0.4) is 0 Å². The average Bonchev–Trinajstić information content (AvgIpc) is 2.37. The van der Waals surface area contributed by atoms with Crippen molar-refractivity contribution in [2.45, 2.75) is 17.4 Å². The first-order chi connectivity index (χ1) is 9.27. The third-order valence-electron chi connectivity index (χ3n) is 2.30. The van der Waals surface area contributed by atoms with Gasteiger partial charge in [-0.2, -0.15) is 9.98 Å². The SMILES string of the molecule is N#Cc1ccccc1S(=O)(=O)NC(CC(N)=O)C(=O)O. The number of benzene rings is 1. The molecule has 0 heterocycles. The Morgan fingerprint density at radius 2 is 2.00 bits per heavy atom. The molecule has 1 amide bonds. The summed E-state index contributed by atoms with van der Waals surface area (Å²) in [6, 6.07) is 5.29. The van der Waals surface area contributed by atoms with Crippen LogP contribution in [0.1, 0.15) is 12.0 Å². The molecule has 0 fully saturated rings. The minimum Gasteiger partial charge on any atom is -0.480 e. The largest absolute Gasteiger partial charge is 0.480 e. The molecule has 1 unspecified atom stereocenters. The summed E-state index contributed by atoms with van der Waals surface area (Å²) in [6.07, 6.45) is -0.691. The van der Waals surface area contributed by atoms with Crippen molar-refractivity contribution >= 4 is 21.9 Å². The number of aliphatic carboxylic acids is 1. The molecular formula is C11H11N3O5S.